The lowest BCUT2D eigenvalue weighted by atomic mass is 10.1. The highest BCUT2D eigenvalue weighted by Crippen LogP contribution is 2.24. The molecule has 0 saturated carbocycles. The molecule has 2 heterocycles. The van der Waals surface area contributed by atoms with Crippen LogP contribution in [0, 0.1) is 6.92 Å². The number of hydrogen-bond acceptors (Lipinski definition) is 5. The summed E-state index contributed by atoms with van der Waals surface area (Å²) in [6.07, 6.45) is 0. The number of hydrogen-bond donors (Lipinski definition) is 1. The van der Waals surface area contributed by atoms with Crippen LogP contribution in [0.15, 0.2) is 82.7 Å². The van der Waals surface area contributed by atoms with Crippen molar-refractivity contribution in [3.63, 3.8) is 0 Å². The number of fused-ring (bicyclic) bond motifs is 3. The maximum atomic E-state index is 13.3. The van der Waals surface area contributed by atoms with Crippen molar-refractivity contribution in [2.24, 2.45) is 0 Å². The van der Waals surface area contributed by atoms with Crippen LogP contribution in [0.2, 0.25) is 5.02 Å². The summed E-state index contributed by atoms with van der Waals surface area (Å²) in [5.74, 6) is 0.322. The van der Waals surface area contributed by atoms with Crippen LogP contribution in [-0.2, 0) is 11.3 Å². The van der Waals surface area contributed by atoms with Gasteiger partial charge in [0.1, 0.15) is 0 Å². The summed E-state index contributed by atoms with van der Waals surface area (Å²) in [7, 11) is 0. The zero-order valence-corrected chi connectivity index (χ0v) is 19.8. The molecule has 34 heavy (non-hydrogen) atoms. The molecule has 0 atom stereocenters. The summed E-state index contributed by atoms with van der Waals surface area (Å²) in [4.78, 5) is 25.9. The van der Waals surface area contributed by atoms with Gasteiger partial charge < -0.3 is 5.32 Å². The topological polar surface area (TPSA) is 81.3 Å². The van der Waals surface area contributed by atoms with E-state index in [0.717, 1.165) is 11.1 Å². The number of anilines is 1. The van der Waals surface area contributed by atoms with Gasteiger partial charge in [-0.1, -0.05) is 77.5 Å². The van der Waals surface area contributed by atoms with Gasteiger partial charge in [0.05, 0.1) is 33.9 Å². The number of rotatable bonds is 6. The Balaban J connectivity index is 1.50. The van der Waals surface area contributed by atoms with Gasteiger partial charge in [0, 0.05) is 0 Å². The molecule has 0 saturated heterocycles. The van der Waals surface area contributed by atoms with E-state index in [9.17, 15) is 9.59 Å². The molecule has 3 aromatic carbocycles. The first-order chi connectivity index (χ1) is 16.5. The molecule has 0 spiro atoms. The highest BCUT2D eigenvalue weighted by Gasteiger charge is 2.18. The Labute approximate surface area is 204 Å². The third-order valence-corrected chi connectivity index (χ3v) is 6.68. The van der Waals surface area contributed by atoms with Gasteiger partial charge in [0.25, 0.3) is 5.56 Å². The minimum atomic E-state index is -0.216. The number of thioether (sulfide) groups is 1. The lowest BCUT2D eigenvalue weighted by Crippen LogP contribution is -2.24. The zero-order valence-electron chi connectivity index (χ0n) is 18.2. The van der Waals surface area contributed by atoms with Crippen LogP contribution in [0.3, 0.4) is 0 Å². The van der Waals surface area contributed by atoms with Crippen LogP contribution in [0.4, 0.5) is 5.69 Å². The Kier molecular flexibility index (Phi) is 6.08. The number of para-hydroxylation sites is 2. The molecule has 0 aliphatic rings. The van der Waals surface area contributed by atoms with Crippen molar-refractivity contribution in [3.8, 4) is 0 Å². The quantitative estimate of drug-likeness (QED) is 0.347. The lowest BCUT2D eigenvalue weighted by molar-refractivity contribution is -0.113. The predicted molar refractivity (Wildman–Crippen MR) is 136 cm³/mol. The van der Waals surface area contributed by atoms with E-state index in [-0.39, 0.29) is 17.2 Å². The molecule has 0 aliphatic heterocycles. The summed E-state index contributed by atoms with van der Waals surface area (Å²) in [6.45, 7) is 2.39. The van der Waals surface area contributed by atoms with Gasteiger partial charge in [-0.2, -0.15) is 0 Å². The monoisotopic (exact) mass is 489 g/mol. The van der Waals surface area contributed by atoms with E-state index >= 15 is 0 Å². The maximum absolute atomic E-state index is 13.3. The number of carbonyl (C=O) groups excluding carboxylic acids is 1. The average molecular weight is 490 g/mol. The normalized spacial score (nSPS) is 11.2. The number of benzene rings is 3. The Morgan fingerprint density at radius 3 is 2.53 bits per heavy atom. The molecule has 1 N–H and O–H groups in total. The van der Waals surface area contributed by atoms with Crippen molar-refractivity contribution in [2.75, 3.05) is 11.1 Å². The third-order valence-electron chi connectivity index (χ3n) is 5.42. The maximum Gasteiger partial charge on any atom is 0.263 e. The van der Waals surface area contributed by atoms with Crippen LogP contribution in [0.5, 0.6) is 0 Å². The summed E-state index contributed by atoms with van der Waals surface area (Å²) < 4.78 is 3.45. The minimum Gasteiger partial charge on any atom is -0.324 e. The van der Waals surface area contributed by atoms with Gasteiger partial charge in [-0.15, -0.1) is 10.2 Å². The summed E-state index contributed by atoms with van der Waals surface area (Å²) >= 11 is 7.38. The van der Waals surface area contributed by atoms with Crippen molar-refractivity contribution in [3.05, 3.63) is 99.3 Å². The number of halogens is 1. The summed E-state index contributed by atoms with van der Waals surface area (Å²) in [6, 6.07) is 22.4. The minimum absolute atomic E-state index is 0.109. The fourth-order valence-electron chi connectivity index (χ4n) is 3.72. The van der Waals surface area contributed by atoms with Crippen molar-refractivity contribution in [1.82, 2.24) is 19.2 Å². The van der Waals surface area contributed by atoms with E-state index in [1.807, 2.05) is 53.8 Å². The Morgan fingerprint density at radius 2 is 1.74 bits per heavy atom. The molecule has 9 heteroatoms. The van der Waals surface area contributed by atoms with Gasteiger partial charge >= 0.3 is 0 Å². The van der Waals surface area contributed by atoms with Crippen LogP contribution in [0.25, 0.3) is 16.7 Å². The van der Waals surface area contributed by atoms with E-state index in [0.29, 0.717) is 39.1 Å². The van der Waals surface area contributed by atoms with E-state index < -0.39 is 0 Å². The van der Waals surface area contributed by atoms with E-state index in [2.05, 4.69) is 15.5 Å². The highest BCUT2D eigenvalue weighted by molar-refractivity contribution is 7.99. The molecule has 0 radical (unpaired) electrons. The van der Waals surface area contributed by atoms with E-state index in [1.165, 1.54) is 11.8 Å². The molecule has 1 amide bonds. The molecule has 5 rings (SSSR count). The first-order valence-corrected chi connectivity index (χ1v) is 12.0. The van der Waals surface area contributed by atoms with Crippen LogP contribution >= 0.6 is 23.4 Å². The third kappa shape index (κ3) is 4.30. The highest BCUT2D eigenvalue weighted by atomic mass is 35.5. The Bertz CT molecular complexity index is 1580. The number of carbonyl (C=O) groups is 1. The Morgan fingerprint density at radius 1 is 1.00 bits per heavy atom. The van der Waals surface area contributed by atoms with Crippen molar-refractivity contribution in [2.45, 2.75) is 18.6 Å². The van der Waals surface area contributed by atoms with Crippen molar-refractivity contribution in [1.29, 1.82) is 0 Å². The summed E-state index contributed by atoms with van der Waals surface area (Å²) in [5, 5.41) is 13.0. The smallest absolute Gasteiger partial charge is 0.263 e. The molecule has 7 nitrogen and oxygen atoms in total. The number of amides is 1. The number of nitrogens with one attached hydrogen (secondary N) is 1. The van der Waals surface area contributed by atoms with Gasteiger partial charge in [0.15, 0.2) is 5.16 Å². The fraction of sp³-hybridized carbons (Fsp3) is 0.120. The SMILES string of the molecule is Cc1ccc(Cn2c(=O)c3ccccc3n3c(SCC(=O)Nc4ccccc4Cl)nnc23)cc1. The van der Waals surface area contributed by atoms with Crippen LogP contribution in [0.1, 0.15) is 11.1 Å². The van der Waals surface area contributed by atoms with E-state index in [4.69, 9.17) is 11.6 Å². The first kappa shape index (κ1) is 22.2. The summed E-state index contributed by atoms with van der Waals surface area (Å²) in [5.41, 5.74) is 3.25. The Hall–Kier alpha value is -3.62. The predicted octanol–water partition coefficient (Wildman–Crippen LogP) is 4.79. The molecule has 170 valence electrons. The van der Waals surface area contributed by atoms with Crippen molar-refractivity contribution >= 4 is 51.6 Å². The fourth-order valence-corrected chi connectivity index (χ4v) is 4.65. The lowest BCUT2D eigenvalue weighted by Gasteiger charge is -2.12. The molecular weight excluding hydrogens is 470 g/mol. The number of aromatic nitrogens is 4. The average Bonchev–Trinajstić information content (AvgIpc) is 3.27. The number of aryl methyl sites for hydroxylation is 1. The molecule has 0 unspecified atom stereocenters. The molecular formula is C25H20ClN5O2S. The first-order valence-electron chi connectivity index (χ1n) is 10.6. The molecule has 0 bridgehead atoms. The van der Waals surface area contributed by atoms with Crippen LogP contribution in [-0.4, -0.2) is 30.8 Å². The van der Waals surface area contributed by atoms with Gasteiger partial charge in [-0.3, -0.25) is 18.6 Å². The second kappa shape index (κ2) is 9.32. The molecule has 2 aromatic heterocycles. The zero-order chi connectivity index (χ0) is 23.7. The second-order valence-corrected chi connectivity index (χ2v) is 9.18. The van der Waals surface area contributed by atoms with Gasteiger partial charge in [-0.05, 0) is 36.8 Å². The number of nitrogens with zero attached hydrogens (tertiary/aromatic N) is 4. The molecule has 0 aliphatic carbocycles. The second-order valence-electron chi connectivity index (χ2n) is 7.83. The van der Waals surface area contributed by atoms with E-state index in [1.54, 1.807) is 34.9 Å². The van der Waals surface area contributed by atoms with Gasteiger partial charge in [0.2, 0.25) is 11.7 Å². The molecule has 0 fully saturated rings. The molecule has 5 aromatic rings. The largest absolute Gasteiger partial charge is 0.324 e. The standard InChI is InChI=1S/C25H20ClN5O2S/c1-16-10-12-17(13-11-16)14-30-23(33)18-6-2-5-9-21(18)31-24(30)28-29-25(31)34-15-22(32)27-20-8-4-3-7-19(20)26/h2-13H,14-15H2,1H3,(H,27,32). The van der Waals surface area contributed by atoms with Gasteiger partial charge in [-0.25, -0.2) is 0 Å². The van der Waals surface area contributed by atoms with Crippen molar-refractivity contribution < 1.29 is 4.79 Å². The van der Waals surface area contributed by atoms with Crippen LogP contribution < -0.4 is 10.9 Å².